The molecular weight excluding hydrogens is 143 g/mol. The minimum absolute atomic E-state index is 0. The van der Waals surface area contributed by atoms with Gasteiger partial charge in [-0.3, -0.25) is 5.73 Å². The number of rotatable bonds is 3. The predicted molar refractivity (Wildman–Crippen MR) is 43.6 cm³/mol. The Balaban J connectivity index is 0.00000121. The van der Waals surface area contributed by atoms with Crippen molar-refractivity contribution in [2.75, 3.05) is 0 Å². The van der Waals surface area contributed by atoms with Gasteiger partial charge in [0.05, 0.1) is 6.61 Å². The van der Waals surface area contributed by atoms with Crippen molar-refractivity contribution in [2.24, 2.45) is 0 Å². The van der Waals surface area contributed by atoms with Crippen molar-refractivity contribution in [1.82, 2.24) is 0 Å². The van der Waals surface area contributed by atoms with E-state index in [0.29, 0.717) is 6.61 Å². The third kappa shape index (κ3) is 4.11. The van der Waals surface area contributed by atoms with Crippen LogP contribution in [0, 0.1) is 6.26 Å². The third-order valence-electron chi connectivity index (χ3n) is 1.23. The molecule has 0 amide bonds. The molecule has 0 atom stereocenters. The van der Waals surface area contributed by atoms with Crippen molar-refractivity contribution in [2.45, 2.75) is 6.61 Å². The van der Waals surface area contributed by atoms with Gasteiger partial charge in [0.2, 0.25) is 0 Å². The van der Waals surface area contributed by atoms with E-state index in [0.717, 1.165) is 5.56 Å². The van der Waals surface area contributed by atoms with Crippen LogP contribution in [0.3, 0.4) is 0 Å². The van der Waals surface area contributed by atoms with Crippen molar-refractivity contribution in [3.05, 3.63) is 54.5 Å². The summed E-state index contributed by atoms with van der Waals surface area (Å²) in [6, 6.07) is 9.89. The molecule has 1 rings (SSSR count). The van der Waals surface area contributed by atoms with Gasteiger partial charge in [-0.15, -0.1) is 0 Å². The first-order valence-corrected chi connectivity index (χ1v) is 3.36. The molecule has 0 heterocycles. The molecule has 2 heteroatoms. The molecule has 0 N–H and O–H groups in total. The monoisotopic (exact) mass is 152 g/mol. The summed E-state index contributed by atoms with van der Waals surface area (Å²) in [6.07, 6.45) is 2.44. The number of ether oxygens (including phenoxy) is 1. The van der Waals surface area contributed by atoms with Gasteiger partial charge >= 0.3 is 18.9 Å². The van der Waals surface area contributed by atoms with Crippen LogP contribution in [0.25, 0.3) is 0 Å². The van der Waals surface area contributed by atoms with Crippen LogP contribution in [0.15, 0.2) is 42.6 Å². The molecule has 0 aliphatic heterocycles. The fraction of sp³-hybridized carbons (Fsp3) is 0.100. The van der Waals surface area contributed by atoms with Gasteiger partial charge in [0, 0.05) is 0 Å². The van der Waals surface area contributed by atoms with Crippen molar-refractivity contribution in [3.8, 4) is 0 Å². The van der Waals surface area contributed by atoms with E-state index in [1.807, 2.05) is 30.3 Å². The molecule has 0 fully saturated rings. The smallest absolute Gasteiger partial charge is 0.581 e. The van der Waals surface area contributed by atoms with Gasteiger partial charge in [-0.25, -0.2) is 6.58 Å². The second kappa shape index (κ2) is 6.82. The summed E-state index contributed by atoms with van der Waals surface area (Å²) in [5, 5.41) is 0. The van der Waals surface area contributed by atoms with Crippen LogP contribution in [0.5, 0.6) is 0 Å². The summed E-state index contributed by atoms with van der Waals surface area (Å²) in [7, 11) is 0. The van der Waals surface area contributed by atoms with Crippen LogP contribution in [-0.2, 0) is 11.3 Å². The molecule has 0 aliphatic carbocycles. The Bertz CT molecular complexity index is 250. The summed E-state index contributed by atoms with van der Waals surface area (Å²) in [4.78, 5) is 0. The van der Waals surface area contributed by atoms with E-state index in [2.05, 4.69) is 18.6 Å². The molecule has 0 saturated heterocycles. The van der Waals surface area contributed by atoms with Gasteiger partial charge in [-0.05, 0) is 11.8 Å². The van der Waals surface area contributed by atoms with Crippen LogP contribution in [0.4, 0.5) is 0 Å². The molecule has 0 aromatic heterocycles. The van der Waals surface area contributed by atoms with E-state index in [1.165, 1.54) is 0 Å². The molecular formula is C10H9LiO. The van der Waals surface area contributed by atoms with E-state index >= 15 is 0 Å². The molecule has 0 aliphatic rings. The SMILES string of the molecule is C=C=[C-]OCc1ccccc1.[Li+]. The zero-order valence-electron chi connectivity index (χ0n) is 7.21. The molecule has 0 radical (unpaired) electrons. The average molecular weight is 152 g/mol. The van der Waals surface area contributed by atoms with Gasteiger partial charge in [0.1, 0.15) is 0 Å². The summed E-state index contributed by atoms with van der Waals surface area (Å²) >= 11 is 0. The van der Waals surface area contributed by atoms with Gasteiger partial charge in [0.15, 0.2) is 0 Å². The predicted octanol–water partition coefficient (Wildman–Crippen LogP) is -0.691. The van der Waals surface area contributed by atoms with Crippen LogP contribution >= 0.6 is 0 Å². The van der Waals surface area contributed by atoms with E-state index in [4.69, 9.17) is 4.74 Å². The van der Waals surface area contributed by atoms with Crippen LogP contribution in [-0.4, -0.2) is 0 Å². The Morgan fingerprint density at radius 2 is 2.00 bits per heavy atom. The van der Waals surface area contributed by atoms with E-state index in [9.17, 15) is 0 Å². The minimum Gasteiger partial charge on any atom is -0.581 e. The molecule has 1 aromatic rings. The van der Waals surface area contributed by atoms with Gasteiger partial charge in [-0.1, -0.05) is 30.3 Å². The molecule has 1 aromatic carbocycles. The zero-order valence-corrected chi connectivity index (χ0v) is 7.21. The first-order valence-electron chi connectivity index (χ1n) is 3.36. The Morgan fingerprint density at radius 3 is 2.58 bits per heavy atom. The van der Waals surface area contributed by atoms with E-state index in [-0.39, 0.29) is 18.9 Å². The van der Waals surface area contributed by atoms with Crippen LogP contribution < -0.4 is 18.9 Å². The summed E-state index contributed by atoms with van der Waals surface area (Å²) in [5.74, 6) is 0. The molecule has 0 saturated carbocycles. The van der Waals surface area contributed by atoms with E-state index in [1.54, 1.807) is 0 Å². The quantitative estimate of drug-likeness (QED) is 0.241. The van der Waals surface area contributed by atoms with Crippen LogP contribution in [0.1, 0.15) is 5.56 Å². The van der Waals surface area contributed by atoms with Crippen molar-refractivity contribution < 1.29 is 23.6 Å². The molecule has 1 nitrogen and oxygen atoms in total. The maximum absolute atomic E-state index is 4.95. The molecule has 0 unspecified atom stereocenters. The first kappa shape index (κ1) is 11.1. The van der Waals surface area contributed by atoms with Gasteiger partial charge in [-0.2, -0.15) is 0 Å². The largest absolute Gasteiger partial charge is 1.00 e. The number of hydrogen-bond acceptors (Lipinski definition) is 1. The fourth-order valence-corrected chi connectivity index (χ4v) is 0.745. The minimum atomic E-state index is 0. The molecule has 0 spiro atoms. The van der Waals surface area contributed by atoms with Crippen LogP contribution in [0.2, 0.25) is 0 Å². The standard InChI is InChI=1S/C10H9O.Li/c1-2-8-11-9-10-6-4-3-5-7-10;/h3-7H,1,9H2;/q-1;+1. The van der Waals surface area contributed by atoms with Gasteiger partial charge in [0.25, 0.3) is 0 Å². The Labute approximate surface area is 84.9 Å². The van der Waals surface area contributed by atoms with Gasteiger partial charge < -0.3 is 4.74 Å². The molecule has 12 heavy (non-hydrogen) atoms. The normalized spacial score (nSPS) is 7.67. The summed E-state index contributed by atoms with van der Waals surface area (Å²) < 4.78 is 4.95. The maximum Gasteiger partial charge on any atom is 1.00 e. The summed E-state index contributed by atoms with van der Waals surface area (Å²) in [5.41, 5.74) is 3.54. The Morgan fingerprint density at radius 1 is 1.33 bits per heavy atom. The maximum atomic E-state index is 4.95. The fourth-order valence-electron chi connectivity index (χ4n) is 0.745. The second-order valence-corrected chi connectivity index (χ2v) is 2.05. The van der Waals surface area contributed by atoms with Crippen molar-refractivity contribution in [1.29, 1.82) is 0 Å². The topological polar surface area (TPSA) is 9.23 Å². The number of hydrogen-bond donors (Lipinski definition) is 0. The Hall–Kier alpha value is -0.863. The summed E-state index contributed by atoms with van der Waals surface area (Å²) in [6.45, 7) is 3.86. The van der Waals surface area contributed by atoms with Crippen molar-refractivity contribution >= 4 is 0 Å². The van der Waals surface area contributed by atoms with Crippen molar-refractivity contribution in [3.63, 3.8) is 0 Å². The molecule has 0 bridgehead atoms. The second-order valence-electron chi connectivity index (χ2n) is 2.05. The Kier molecular flexibility index (Phi) is 6.33. The third-order valence-corrected chi connectivity index (χ3v) is 1.23. The van der Waals surface area contributed by atoms with E-state index < -0.39 is 0 Å². The number of benzene rings is 1. The zero-order chi connectivity index (χ0) is 7.94. The molecule has 56 valence electrons. The first-order chi connectivity index (χ1) is 5.43. The average Bonchev–Trinajstić information content (AvgIpc) is 2.07.